The fraction of sp³-hybridized carbons (Fsp3) is 0.368. The summed E-state index contributed by atoms with van der Waals surface area (Å²) in [6, 6.07) is 14.2. The summed E-state index contributed by atoms with van der Waals surface area (Å²) < 4.78 is 5.16. The van der Waals surface area contributed by atoms with Crippen LogP contribution in [0.25, 0.3) is 0 Å². The first-order chi connectivity index (χ1) is 11.8. The molecule has 0 bridgehead atoms. The van der Waals surface area contributed by atoms with Gasteiger partial charge in [0.15, 0.2) is 0 Å². The number of rotatable bonds is 5. The summed E-state index contributed by atoms with van der Waals surface area (Å²) >= 11 is 0. The number of benzene rings is 1. The average Bonchev–Trinajstić information content (AvgIpc) is 2.64. The SMILES string of the molecule is COc1ncccc1C(=O)NC1CCN(Cc2ccccc2)CC1. The highest BCUT2D eigenvalue weighted by atomic mass is 16.5. The minimum absolute atomic E-state index is 0.110. The molecule has 1 amide bonds. The maximum absolute atomic E-state index is 12.4. The van der Waals surface area contributed by atoms with Gasteiger partial charge in [0.25, 0.3) is 5.91 Å². The summed E-state index contributed by atoms with van der Waals surface area (Å²) in [7, 11) is 1.53. The molecule has 1 N–H and O–H groups in total. The van der Waals surface area contributed by atoms with Gasteiger partial charge in [-0.15, -0.1) is 0 Å². The highest BCUT2D eigenvalue weighted by Gasteiger charge is 2.22. The zero-order valence-electron chi connectivity index (χ0n) is 13.9. The van der Waals surface area contributed by atoms with E-state index in [1.807, 2.05) is 6.07 Å². The number of nitrogens with one attached hydrogen (secondary N) is 1. The molecule has 5 heteroatoms. The van der Waals surface area contributed by atoms with E-state index >= 15 is 0 Å². The molecule has 2 heterocycles. The lowest BCUT2D eigenvalue weighted by atomic mass is 10.0. The summed E-state index contributed by atoms with van der Waals surface area (Å²) in [5.41, 5.74) is 1.83. The van der Waals surface area contributed by atoms with Crippen LogP contribution in [0, 0.1) is 0 Å². The smallest absolute Gasteiger partial charge is 0.256 e. The highest BCUT2D eigenvalue weighted by molar-refractivity contribution is 5.96. The van der Waals surface area contributed by atoms with Crippen LogP contribution in [-0.4, -0.2) is 42.0 Å². The van der Waals surface area contributed by atoms with Crippen molar-refractivity contribution in [1.29, 1.82) is 0 Å². The zero-order chi connectivity index (χ0) is 16.8. The summed E-state index contributed by atoms with van der Waals surface area (Å²) in [4.78, 5) is 18.9. The van der Waals surface area contributed by atoms with Crippen LogP contribution in [0.2, 0.25) is 0 Å². The average molecular weight is 325 g/mol. The van der Waals surface area contributed by atoms with E-state index in [9.17, 15) is 4.79 Å². The molecule has 1 aromatic carbocycles. The first kappa shape index (κ1) is 16.5. The van der Waals surface area contributed by atoms with Crippen LogP contribution in [0.4, 0.5) is 0 Å². The van der Waals surface area contributed by atoms with Gasteiger partial charge in [0.2, 0.25) is 5.88 Å². The number of carbonyl (C=O) groups is 1. The first-order valence-corrected chi connectivity index (χ1v) is 8.32. The number of ether oxygens (including phenoxy) is 1. The molecule has 5 nitrogen and oxygen atoms in total. The maximum atomic E-state index is 12.4. The van der Waals surface area contributed by atoms with Crippen molar-refractivity contribution in [2.75, 3.05) is 20.2 Å². The van der Waals surface area contributed by atoms with Crippen molar-refractivity contribution in [3.8, 4) is 5.88 Å². The number of methoxy groups -OCH3 is 1. The second-order valence-corrected chi connectivity index (χ2v) is 6.07. The van der Waals surface area contributed by atoms with E-state index in [0.29, 0.717) is 11.4 Å². The molecule has 24 heavy (non-hydrogen) atoms. The number of carbonyl (C=O) groups excluding carboxylic acids is 1. The van der Waals surface area contributed by atoms with E-state index in [0.717, 1.165) is 32.5 Å². The molecule has 0 spiro atoms. The quantitative estimate of drug-likeness (QED) is 0.918. The normalized spacial score (nSPS) is 15.9. The van der Waals surface area contributed by atoms with Crippen LogP contribution in [0.5, 0.6) is 5.88 Å². The van der Waals surface area contributed by atoms with E-state index in [1.165, 1.54) is 12.7 Å². The number of amides is 1. The van der Waals surface area contributed by atoms with Gasteiger partial charge < -0.3 is 10.1 Å². The summed E-state index contributed by atoms with van der Waals surface area (Å²) in [5, 5.41) is 3.11. The Bertz CT molecular complexity index is 667. The van der Waals surface area contributed by atoms with Crippen molar-refractivity contribution in [3.63, 3.8) is 0 Å². The Hall–Kier alpha value is -2.40. The Balaban J connectivity index is 1.51. The number of nitrogens with zero attached hydrogens (tertiary/aromatic N) is 2. The minimum atomic E-state index is -0.110. The second kappa shape index (κ2) is 7.93. The standard InChI is InChI=1S/C19H23N3O2/c1-24-19-17(8-5-11-20-19)18(23)21-16-9-12-22(13-10-16)14-15-6-3-2-4-7-15/h2-8,11,16H,9-10,12-14H2,1H3,(H,21,23). The lowest BCUT2D eigenvalue weighted by Crippen LogP contribution is -2.44. The number of pyridine rings is 1. The summed E-state index contributed by atoms with van der Waals surface area (Å²) in [5.74, 6) is 0.262. The second-order valence-electron chi connectivity index (χ2n) is 6.07. The number of piperidine rings is 1. The van der Waals surface area contributed by atoms with Crippen LogP contribution < -0.4 is 10.1 Å². The lowest BCUT2D eigenvalue weighted by molar-refractivity contribution is 0.0905. The fourth-order valence-electron chi connectivity index (χ4n) is 3.07. The van der Waals surface area contributed by atoms with Gasteiger partial charge >= 0.3 is 0 Å². The molecule has 1 saturated heterocycles. The van der Waals surface area contributed by atoms with Crippen LogP contribution in [-0.2, 0) is 6.54 Å². The zero-order valence-corrected chi connectivity index (χ0v) is 13.9. The van der Waals surface area contributed by atoms with Gasteiger partial charge in [0, 0.05) is 31.9 Å². The Labute approximate surface area is 142 Å². The van der Waals surface area contributed by atoms with Gasteiger partial charge in [0.1, 0.15) is 5.56 Å². The van der Waals surface area contributed by atoms with Gasteiger partial charge in [-0.05, 0) is 30.5 Å². The van der Waals surface area contributed by atoms with E-state index in [-0.39, 0.29) is 11.9 Å². The molecule has 3 rings (SSSR count). The van der Waals surface area contributed by atoms with E-state index < -0.39 is 0 Å². The molecule has 126 valence electrons. The monoisotopic (exact) mass is 325 g/mol. The predicted molar refractivity (Wildman–Crippen MR) is 93.0 cm³/mol. The molecule has 2 aromatic rings. The molecule has 0 radical (unpaired) electrons. The van der Waals surface area contributed by atoms with Gasteiger partial charge in [-0.25, -0.2) is 4.98 Å². The van der Waals surface area contributed by atoms with Crippen molar-refractivity contribution in [1.82, 2.24) is 15.2 Å². The molecule has 0 unspecified atom stereocenters. The van der Waals surface area contributed by atoms with Crippen LogP contribution in [0.3, 0.4) is 0 Å². The molecule has 1 aliphatic heterocycles. The van der Waals surface area contributed by atoms with E-state index in [2.05, 4.69) is 39.5 Å². The summed E-state index contributed by atoms with van der Waals surface area (Å²) in [6.07, 6.45) is 3.54. The fourth-order valence-corrected chi connectivity index (χ4v) is 3.07. The summed E-state index contributed by atoms with van der Waals surface area (Å²) in [6.45, 7) is 2.95. The molecule has 0 atom stereocenters. The molecule has 1 fully saturated rings. The van der Waals surface area contributed by atoms with Crippen LogP contribution in [0.15, 0.2) is 48.7 Å². The van der Waals surface area contributed by atoms with Crippen molar-refractivity contribution in [2.45, 2.75) is 25.4 Å². The molecule has 0 aliphatic carbocycles. The van der Waals surface area contributed by atoms with Crippen LogP contribution >= 0.6 is 0 Å². The highest BCUT2D eigenvalue weighted by Crippen LogP contribution is 2.17. The van der Waals surface area contributed by atoms with Gasteiger partial charge in [-0.1, -0.05) is 30.3 Å². The molecular weight excluding hydrogens is 302 g/mol. The Morgan fingerprint density at radius 3 is 2.67 bits per heavy atom. The van der Waals surface area contributed by atoms with Gasteiger partial charge in [-0.2, -0.15) is 0 Å². The largest absolute Gasteiger partial charge is 0.480 e. The third kappa shape index (κ3) is 4.11. The van der Waals surface area contributed by atoms with E-state index in [4.69, 9.17) is 4.74 Å². The lowest BCUT2D eigenvalue weighted by Gasteiger charge is -2.32. The third-order valence-electron chi connectivity index (χ3n) is 4.38. The number of likely N-dealkylation sites (tertiary alicyclic amines) is 1. The van der Waals surface area contributed by atoms with Gasteiger partial charge in [0.05, 0.1) is 7.11 Å². The Morgan fingerprint density at radius 1 is 1.21 bits per heavy atom. The molecular formula is C19H23N3O2. The van der Waals surface area contributed by atoms with Crippen molar-refractivity contribution < 1.29 is 9.53 Å². The predicted octanol–water partition coefficient (Wildman–Crippen LogP) is 2.48. The van der Waals surface area contributed by atoms with Crippen LogP contribution in [0.1, 0.15) is 28.8 Å². The van der Waals surface area contributed by atoms with Gasteiger partial charge in [-0.3, -0.25) is 9.69 Å². The maximum Gasteiger partial charge on any atom is 0.256 e. The molecule has 1 aliphatic rings. The first-order valence-electron chi connectivity index (χ1n) is 8.32. The van der Waals surface area contributed by atoms with Crippen molar-refractivity contribution >= 4 is 5.91 Å². The minimum Gasteiger partial charge on any atom is -0.480 e. The Kier molecular flexibility index (Phi) is 5.43. The number of hydrogen-bond acceptors (Lipinski definition) is 4. The van der Waals surface area contributed by atoms with Crippen molar-refractivity contribution in [3.05, 3.63) is 59.8 Å². The number of hydrogen-bond donors (Lipinski definition) is 1. The number of aromatic nitrogens is 1. The third-order valence-corrected chi connectivity index (χ3v) is 4.38. The molecule has 0 saturated carbocycles. The van der Waals surface area contributed by atoms with Crippen molar-refractivity contribution in [2.24, 2.45) is 0 Å². The Morgan fingerprint density at radius 2 is 1.96 bits per heavy atom. The molecule has 1 aromatic heterocycles. The topological polar surface area (TPSA) is 54.5 Å². The van der Waals surface area contributed by atoms with E-state index in [1.54, 1.807) is 18.3 Å².